The highest BCUT2D eigenvalue weighted by Crippen LogP contribution is 2.53. The van der Waals surface area contributed by atoms with Crippen molar-refractivity contribution < 1.29 is 29.3 Å². The molecule has 0 amide bonds. The molecule has 0 radical (unpaired) electrons. The lowest BCUT2D eigenvalue weighted by atomic mass is 9.73. The Morgan fingerprint density at radius 3 is 2.38 bits per heavy atom. The van der Waals surface area contributed by atoms with Gasteiger partial charge in [0.2, 0.25) is 0 Å². The van der Waals surface area contributed by atoms with Gasteiger partial charge < -0.3 is 19.7 Å². The molecule has 0 aromatic carbocycles. The number of ether oxygens (including phenoxy) is 2. The van der Waals surface area contributed by atoms with E-state index in [9.17, 15) is 19.8 Å². The summed E-state index contributed by atoms with van der Waals surface area (Å²) in [6.07, 6.45) is 2.67. The van der Waals surface area contributed by atoms with Crippen molar-refractivity contribution in [2.75, 3.05) is 19.8 Å². The molecule has 0 aromatic heterocycles. The van der Waals surface area contributed by atoms with E-state index < -0.39 is 23.5 Å². The van der Waals surface area contributed by atoms with E-state index in [1.165, 1.54) is 0 Å². The highest BCUT2D eigenvalue weighted by Gasteiger charge is 2.53. The van der Waals surface area contributed by atoms with Crippen molar-refractivity contribution in [3.63, 3.8) is 0 Å². The number of rotatable bonds is 9. The molecule has 1 rings (SSSR count). The molecule has 0 heterocycles. The zero-order valence-corrected chi connectivity index (χ0v) is 14.4. The zero-order chi connectivity index (χ0) is 18.3. The van der Waals surface area contributed by atoms with Crippen LogP contribution in [-0.4, -0.2) is 48.1 Å². The normalized spacial score (nSPS) is 30.4. The molecule has 0 aliphatic heterocycles. The van der Waals surface area contributed by atoms with E-state index in [2.05, 4.69) is 13.2 Å². The summed E-state index contributed by atoms with van der Waals surface area (Å²) in [6.45, 7) is 10.5. The summed E-state index contributed by atoms with van der Waals surface area (Å²) < 4.78 is 10.3. The van der Waals surface area contributed by atoms with Crippen molar-refractivity contribution in [2.45, 2.75) is 32.8 Å². The fourth-order valence-corrected chi connectivity index (χ4v) is 4.06. The van der Waals surface area contributed by atoms with Gasteiger partial charge in [-0.15, -0.1) is 0 Å². The second-order valence-corrected chi connectivity index (χ2v) is 6.60. The molecule has 0 bridgehead atoms. The Balaban J connectivity index is 2.94. The number of carbonyl (C=O) groups is 2. The third kappa shape index (κ3) is 4.68. The summed E-state index contributed by atoms with van der Waals surface area (Å²) in [5.74, 6) is -1.15. The number of aliphatic hydroxyl groups excluding tert-OH is 2. The van der Waals surface area contributed by atoms with Crippen molar-refractivity contribution in [1.29, 1.82) is 0 Å². The quantitative estimate of drug-likeness (QED) is 0.488. The summed E-state index contributed by atoms with van der Waals surface area (Å²) in [6, 6.07) is 0. The Kier molecular flexibility index (Phi) is 7.63. The predicted octanol–water partition coefficient (Wildman–Crippen LogP) is 1.47. The Morgan fingerprint density at radius 1 is 1.29 bits per heavy atom. The number of carbonyl (C=O) groups excluding carboxylic acids is 2. The molecule has 0 saturated heterocycles. The van der Waals surface area contributed by atoms with Gasteiger partial charge in [0.25, 0.3) is 0 Å². The smallest absolute Gasteiger partial charge is 0.330 e. The minimum absolute atomic E-state index is 0.0436. The third-order valence-electron chi connectivity index (χ3n) is 5.02. The average molecular weight is 340 g/mol. The maximum absolute atomic E-state index is 11.4. The van der Waals surface area contributed by atoms with Gasteiger partial charge >= 0.3 is 11.9 Å². The predicted molar refractivity (Wildman–Crippen MR) is 88.9 cm³/mol. The number of hydrogen-bond donors (Lipinski definition) is 2. The number of esters is 2. The standard InChI is InChI=1S/C18H28O6/c1-5-15(21)23-8-7-14-17(13(4)20)12(3)9-18(14,10-19)11-24-16(22)6-2/h5-6,12-14,17,19-20H,1-2,7-11H2,3-4H3/t12-,13?,14?,17+,18?/m1/s1. The van der Waals surface area contributed by atoms with Crippen molar-refractivity contribution in [1.82, 2.24) is 0 Å². The van der Waals surface area contributed by atoms with Crippen LogP contribution in [0.1, 0.15) is 26.7 Å². The fourth-order valence-electron chi connectivity index (χ4n) is 4.06. The SMILES string of the molecule is C=CC(=O)OCCC1[C@H](C(C)O)[C@H](C)CC1(CO)COC(=O)C=C. The summed E-state index contributed by atoms with van der Waals surface area (Å²) in [4.78, 5) is 22.7. The van der Waals surface area contributed by atoms with Crippen LogP contribution in [0.4, 0.5) is 0 Å². The molecular formula is C18H28O6. The molecule has 6 nitrogen and oxygen atoms in total. The van der Waals surface area contributed by atoms with E-state index in [-0.39, 0.29) is 37.6 Å². The lowest BCUT2D eigenvalue weighted by molar-refractivity contribution is -0.144. The molecule has 24 heavy (non-hydrogen) atoms. The van der Waals surface area contributed by atoms with Gasteiger partial charge in [0.05, 0.1) is 25.9 Å². The van der Waals surface area contributed by atoms with E-state index in [0.717, 1.165) is 12.2 Å². The lowest BCUT2D eigenvalue weighted by Crippen LogP contribution is -2.40. The second kappa shape index (κ2) is 8.99. The molecule has 0 spiro atoms. The Bertz CT molecular complexity index is 472. The van der Waals surface area contributed by atoms with Gasteiger partial charge in [-0.2, -0.15) is 0 Å². The molecule has 1 saturated carbocycles. The number of aliphatic hydroxyl groups is 2. The summed E-state index contributed by atoms with van der Waals surface area (Å²) in [7, 11) is 0. The van der Waals surface area contributed by atoms with Gasteiger partial charge in [-0.25, -0.2) is 9.59 Å². The van der Waals surface area contributed by atoms with Gasteiger partial charge in [-0.05, 0) is 37.5 Å². The molecule has 5 atom stereocenters. The zero-order valence-electron chi connectivity index (χ0n) is 14.4. The largest absolute Gasteiger partial charge is 0.463 e. The van der Waals surface area contributed by atoms with Gasteiger partial charge in [0.1, 0.15) is 0 Å². The Hall–Kier alpha value is -1.66. The molecule has 0 aromatic rings. The molecular weight excluding hydrogens is 312 g/mol. The maximum Gasteiger partial charge on any atom is 0.330 e. The van der Waals surface area contributed by atoms with E-state index in [4.69, 9.17) is 9.47 Å². The molecule has 1 aliphatic carbocycles. The summed E-state index contributed by atoms with van der Waals surface area (Å²) >= 11 is 0. The van der Waals surface area contributed by atoms with Crippen LogP contribution < -0.4 is 0 Å². The van der Waals surface area contributed by atoms with Crippen LogP contribution in [0.15, 0.2) is 25.3 Å². The van der Waals surface area contributed by atoms with E-state index >= 15 is 0 Å². The second-order valence-electron chi connectivity index (χ2n) is 6.60. The van der Waals surface area contributed by atoms with Gasteiger partial charge in [-0.1, -0.05) is 20.1 Å². The van der Waals surface area contributed by atoms with E-state index in [0.29, 0.717) is 12.8 Å². The minimum atomic E-state index is -0.666. The van der Waals surface area contributed by atoms with Crippen molar-refractivity contribution in [3.05, 3.63) is 25.3 Å². The van der Waals surface area contributed by atoms with Crippen LogP contribution in [-0.2, 0) is 19.1 Å². The van der Waals surface area contributed by atoms with Crippen LogP contribution in [0, 0.1) is 23.2 Å². The Morgan fingerprint density at radius 2 is 1.88 bits per heavy atom. The highest BCUT2D eigenvalue weighted by molar-refractivity contribution is 5.81. The first-order chi connectivity index (χ1) is 11.3. The van der Waals surface area contributed by atoms with Gasteiger partial charge in [0.15, 0.2) is 0 Å². The van der Waals surface area contributed by atoms with Gasteiger partial charge in [0, 0.05) is 17.6 Å². The molecule has 1 aliphatic rings. The van der Waals surface area contributed by atoms with Crippen molar-refractivity contribution in [2.24, 2.45) is 23.2 Å². The van der Waals surface area contributed by atoms with Crippen LogP contribution in [0.25, 0.3) is 0 Å². The third-order valence-corrected chi connectivity index (χ3v) is 5.02. The molecule has 6 heteroatoms. The van der Waals surface area contributed by atoms with Crippen LogP contribution in [0.5, 0.6) is 0 Å². The topological polar surface area (TPSA) is 93.1 Å². The molecule has 2 N–H and O–H groups in total. The first kappa shape index (κ1) is 20.4. The lowest BCUT2D eigenvalue weighted by Gasteiger charge is -2.36. The van der Waals surface area contributed by atoms with Gasteiger partial charge in [-0.3, -0.25) is 0 Å². The first-order valence-electron chi connectivity index (χ1n) is 8.18. The highest BCUT2D eigenvalue weighted by atomic mass is 16.5. The minimum Gasteiger partial charge on any atom is -0.463 e. The van der Waals surface area contributed by atoms with Crippen LogP contribution >= 0.6 is 0 Å². The van der Waals surface area contributed by atoms with Crippen molar-refractivity contribution in [3.8, 4) is 0 Å². The average Bonchev–Trinajstić information content (AvgIpc) is 2.84. The molecule has 136 valence electrons. The van der Waals surface area contributed by atoms with Crippen molar-refractivity contribution >= 4 is 11.9 Å². The van der Waals surface area contributed by atoms with E-state index in [1.807, 2.05) is 6.92 Å². The number of hydrogen-bond acceptors (Lipinski definition) is 6. The summed E-state index contributed by atoms with van der Waals surface area (Å²) in [5.41, 5.74) is -0.666. The van der Waals surface area contributed by atoms with Crippen LogP contribution in [0.3, 0.4) is 0 Å². The fraction of sp³-hybridized carbons (Fsp3) is 0.667. The Labute approximate surface area is 143 Å². The van der Waals surface area contributed by atoms with E-state index in [1.54, 1.807) is 6.92 Å². The molecule has 1 fully saturated rings. The maximum atomic E-state index is 11.4. The summed E-state index contributed by atoms with van der Waals surface area (Å²) in [5, 5.41) is 20.2. The monoisotopic (exact) mass is 340 g/mol. The van der Waals surface area contributed by atoms with Crippen LogP contribution in [0.2, 0.25) is 0 Å². The first-order valence-corrected chi connectivity index (χ1v) is 8.18. The molecule has 3 unspecified atom stereocenters.